The van der Waals surface area contributed by atoms with Crippen LogP contribution in [-0.4, -0.2) is 35.2 Å². The average molecular weight is 290 g/mol. The molecule has 0 saturated heterocycles. The molecule has 0 saturated carbocycles. The van der Waals surface area contributed by atoms with Crippen LogP contribution in [0.1, 0.15) is 30.1 Å². The number of carbonyl (C=O) groups is 1. The van der Waals surface area contributed by atoms with Crippen LogP contribution in [0.3, 0.4) is 0 Å². The molecule has 20 heavy (non-hydrogen) atoms. The quantitative estimate of drug-likeness (QED) is 0.647. The molecule has 0 aliphatic heterocycles. The van der Waals surface area contributed by atoms with Gasteiger partial charge in [0.1, 0.15) is 12.3 Å². The van der Waals surface area contributed by atoms with Gasteiger partial charge in [-0.25, -0.2) is 0 Å². The van der Waals surface area contributed by atoms with Crippen molar-refractivity contribution in [2.45, 2.75) is 25.9 Å². The summed E-state index contributed by atoms with van der Waals surface area (Å²) in [6.45, 7) is 0.530. The number of nitrogen functional groups attached to an aromatic ring is 1. The first-order chi connectivity index (χ1) is 9.24. The summed E-state index contributed by atoms with van der Waals surface area (Å²) in [6.07, 6.45) is -3.31. The highest BCUT2D eigenvalue weighted by Crippen LogP contribution is 2.23. The van der Waals surface area contributed by atoms with Crippen LogP contribution in [0.25, 0.3) is 0 Å². The molecule has 0 bridgehead atoms. The number of nitrogens with zero attached hydrogens (tertiary/aromatic N) is 1. The molecule has 0 unspecified atom stereocenters. The molecular formula is C13H17F3N2O2. The standard InChI is InChI=1S/C13H17F3N2O2/c1-2-3-6-18(8-13(14,15)16)12(20)9-4-5-10(17)11(19)7-9/h4-5,7,19H,2-3,6,8,17H2,1H3. The van der Waals surface area contributed by atoms with Crippen LogP contribution in [0.4, 0.5) is 18.9 Å². The van der Waals surface area contributed by atoms with Crippen LogP contribution in [0.15, 0.2) is 18.2 Å². The Morgan fingerprint density at radius 1 is 1.40 bits per heavy atom. The molecule has 7 heteroatoms. The lowest BCUT2D eigenvalue weighted by Gasteiger charge is -2.24. The van der Waals surface area contributed by atoms with Gasteiger partial charge < -0.3 is 15.7 Å². The number of phenols is 1. The minimum absolute atomic E-state index is 0.0139. The van der Waals surface area contributed by atoms with Crippen molar-refractivity contribution in [3.05, 3.63) is 23.8 Å². The molecule has 0 fully saturated rings. The van der Waals surface area contributed by atoms with Crippen LogP contribution in [-0.2, 0) is 0 Å². The monoisotopic (exact) mass is 290 g/mol. The number of hydrogen-bond acceptors (Lipinski definition) is 3. The predicted molar refractivity (Wildman–Crippen MR) is 69.4 cm³/mol. The van der Waals surface area contributed by atoms with Gasteiger partial charge in [0.25, 0.3) is 5.91 Å². The van der Waals surface area contributed by atoms with Crippen LogP contribution >= 0.6 is 0 Å². The topological polar surface area (TPSA) is 66.6 Å². The molecular weight excluding hydrogens is 273 g/mol. The largest absolute Gasteiger partial charge is 0.506 e. The normalized spacial score (nSPS) is 11.4. The van der Waals surface area contributed by atoms with Gasteiger partial charge in [-0.15, -0.1) is 0 Å². The second kappa shape index (κ2) is 6.49. The summed E-state index contributed by atoms with van der Waals surface area (Å²) in [7, 11) is 0. The van der Waals surface area contributed by atoms with Crippen LogP contribution in [0.5, 0.6) is 5.75 Å². The third kappa shape index (κ3) is 4.64. The van der Waals surface area contributed by atoms with E-state index in [2.05, 4.69) is 0 Å². The number of phenolic OH excluding ortho intramolecular Hbond substituents is 1. The molecule has 1 aromatic rings. The molecule has 1 amide bonds. The lowest BCUT2D eigenvalue weighted by Crippen LogP contribution is -2.39. The summed E-state index contributed by atoms with van der Waals surface area (Å²) in [5.41, 5.74) is 5.44. The van der Waals surface area contributed by atoms with E-state index in [-0.39, 0.29) is 23.5 Å². The van der Waals surface area contributed by atoms with Crippen molar-refractivity contribution in [3.63, 3.8) is 0 Å². The number of rotatable bonds is 5. The summed E-state index contributed by atoms with van der Waals surface area (Å²) in [4.78, 5) is 12.8. The number of carbonyl (C=O) groups excluding carboxylic acids is 1. The van der Waals surface area contributed by atoms with Gasteiger partial charge in [-0.2, -0.15) is 13.2 Å². The maximum absolute atomic E-state index is 12.5. The van der Waals surface area contributed by atoms with E-state index in [1.54, 1.807) is 0 Å². The van der Waals surface area contributed by atoms with Crippen molar-refractivity contribution in [2.75, 3.05) is 18.8 Å². The summed E-state index contributed by atoms with van der Waals surface area (Å²) in [5.74, 6) is -1.09. The number of anilines is 1. The zero-order valence-electron chi connectivity index (χ0n) is 11.1. The summed E-state index contributed by atoms with van der Waals surface area (Å²) in [5, 5.41) is 9.42. The van der Waals surface area contributed by atoms with Gasteiger partial charge in [-0.1, -0.05) is 13.3 Å². The number of nitrogens with two attached hydrogens (primary N) is 1. The molecule has 0 aliphatic carbocycles. The Balaban J connectivity index is 2.93. The van der Waals surface area contributed by atoms with Gasteiger partial charge in [-0.05, 0) is 24.6 Å². The van der Waals surface area contributed by atoms with Gasteiger partial charge in [0.15, 0.2) is 0 Å². The molecule has 0 radical (unpaired) electrons. The summed E-state index contributed by atoms with van der Waals surface area (Å²) < 4.78 is 37.5. The Morgan fingerprint density at radius 2 is 2.05 bits per heavy atom. The summed E-state index contributed by atoms with van der Waals surface area (Å²) in [6, 6.07) is 3.66. The third-order valence-electron chi connectivity index (χ3n) is 2.72. The highest BCUT2D eigenvalue weighted by molar-refractivity contribution is 5.95. The van der Waals surface area contributed by atoms with E-state index >= 15 is 0 Å². The van der Waals surface area contributed by atoms with E-state index in [9.17, 15) is 23.1 Å². The molecule has 1 rings (SSSR count). The predicted octanol–water partition coefficient (Wildman–Crippen LogP) is 2.78. The SMILES string of the molecule is CCCCN(CC(F)(F)F)C(=O)c1ccc(N)c(O)c1. The van der Waals surface area contributed by atoms with Gasteiger partial charge >= 0.3 is 6.18 Å². The average Bonchev–Trinajstić information content (AvgIpc) is 2.35. The van der Waals surface area contributed by atoms with E-state index in [0.717, 1.165) is 11.0 Å². The van der Waals surface area contributed by atoms with Crippen LogP contribution in [0, 0.1) is 0 Å². The number of unbranched alkanes of at least 4 members (excludes halogenated alkanes) is 1. The molecule has 3 N–H and O–H groups in total. The van der Waals surface area contributed by atoms with E-state index < -0.39 is 18.6 Å². The number of hydrogen-bond donors (Lipinski definition) is 2. The van der Waals surface area contributed by atoms with Gasteiger partial charge in [-0.3, -0.25) is 4.79 Å². The Morgan fingerprint density at radius 3 is 2.55 bits per heavy atom. The minimum Gasteiger partial charge on any atom is -0.506 e. The minimum atomic E-state index is -4.46. The van der Waals surface area contributed by atoms with E-state index in [1.807, 2.05) is 6.92 Å². The fraction of sp³-hybridized carbons (Fsp3) is 0.462. The number of amides is 1. The van der Waals surface area contributed by atoms with E-state index in [1.165, 1.54) is 12.1 Å². The Hall–Kier alpha value is -1.92. The van der Waals surface area contributed by atoms with Crippen molar-refractivity contribution >= 4 is 11.6 Å². The van der Waals surface area contributed by atoms with Gasteiger partial charge in [0.2, 0.25) is 0 Å². The van der Waals surface area contributed by atoms with Crippen LogP contribution < -0.4 is 5.73 Å². The second-order valence-corrected chi connectivity index (χ2v) is 4.47. The molecule has 0 heterocycles. The molecule has 0 spiro atoms. The Labute approximate surface area is 115 Å². The fourth-order valence-corrected chi connectivity index (χ4v) is 1.68. The maximum Gasteiger partial charge on any atom is 0.406 e. The van der Waals surface area contributed by atoms with Gasteiger partial charge in [0, 0.05) is 12.1 Å². The van der Waals surface area contributed by atoms with Crippen molar-refractivity contribution in [3.8, 4) is 5.75 Å². The zero-order valence-corrected chi connectivity index (χ0v) is 11.1. The Bertz CT molecular complexity index is 475. The van der Waals surface area contributed by atoms with Gasteiger partial charge in [0.05, 0.1) is 5.69 Å². The smallest absolute Gasteiger partial charge is 0.406 e. The first kappa shape index (κ1) is 16.1. The number of aromatic hydroxyl groups is 1. The maximum atomic E-state index is 12.5. The lowest BCUT2D eigenvalue weighted by molar-refractivity contribution is -0.140. The highest BCUT2D eigenvalue weighted by Gasteiger charge is 2.33. The number of alkyl halides is 3. The van der Waals surface area contributed by atoms with E-state index in [4.69, 9.17) is 5.73 Å². The molecule has 0 aliphatic rings. The van der Waals surface area contributed by atoms with Crippen LogP contribution in [0.2, 0.25) is 0 Å². The molecule has 4 nitrogen and oxygen atoms in total. The van der Waals surface area contributed by atoms with Crippen molar-refractivity contribution in [1.29, 1.82) is 0 Å². The highest BCUT2D eigenvalue weighted by atomic mass is 19.4. The van der Waals surface area contributed by atoms with Crippen molar-refractivity contribution in [2.24, 2.45) is 0 Å². The first-order valence-electron chi connectivity index (χ1n) is 6.19. The van der Waals surface area contributed by atoms with Crippen molar-refractivity contribution < 1.29 is 23.1 Å². The number of benzene rings is 1. The third-order valence-corrected chi connectivity index (χ3v) is 2.72. The zero-order chi connectivity index (χ0) is 15.3. The fourth-order valence-electron chi connectivity index (χ4n) is 1.68. The van der Waals surface area contributed by atoms with E-state index in [0.29, 0.717) is 12.8 Å². The van der Waals surface area contributed by atoms with Crippen molar-refractivity contribution in [1.82, 2.24) is 4.90 Å². The summed E-state index contributed by atoms with van der Waals surface area (Å²) >= 11 is 0. The lowest BCUT2D eigenvalue weighted by atomic mass is 10.1. The molecule has 112 valence electrons. The number of halogens is 3. The Kier molecular flexibility index (Phi) is 5.24. The second-order valence-electron chi connectivity index (χ2n) is 4.47. The molecule has 0 atom stereocenters. The first-order valence-corrected chi connectivity index (χ1v) is 6.19. The molecule has 0 aromatic heterocycles. The molecule has 1 aromatic carbocycles.